The minimum absolute atomic E-state index is 0.342. The van der Waals surface area contributed by atoms with Gasteiger partial charge in [-0.1, -0.05) is 35.8 Å². The highest BCUT2D eigenvalue weighted by Gasteiger charge is 2.20. The molecule has 25 heavy (non-hydrogen) atoms. The lowest BCUT2D eigenvalue weighted by atomic mass is 10.0. The van der Waals surface area contributed by atoms with Crippen LogP contribution >= 0.6 is 23.2 Å². The molecule has 0 unspecified atom stereocenters. The van der Waals surface area contributed by atoms with Crippen LogP contribution in [0.25, 0.3) is 38.3 Å². The van der Waals surface area contributed by atoms with Crippen LogP contribution in [0.4, 0.5) is 5.82 Å². The molecule has 0 saturated heterocycles. The number of halogens is 2. The second-order valence-corrected chi connectivity index (χ2v) is 6.23. The number of aromatic amines is 1. The van der Waals surface area contributed by atoms with E-state index in [2.05, 4.69) is 19.8 Å². The lowest BCUT2D eigenvalue weighted by Crippen LogP contribution is -1.85. The molecule has 4 nitrogen and oxygen atoms in total. The summed E-state index contributed by atoms with van der Waals surface area (Å²) in [6, 6.07) is 12.9. The minimum Gasteiger partial charge on any atom is -0.361 e. The van der Waals surface area contributed by atoms with Crippen molar-refractivity contribution in [3.05, 3.63) is 76.3 Å². The van der Waals surface area contributed by atoms with E-state index in [-0.39, 0.29) is 0 Å². The SMILES string of the molecule is [C-]#[N+]c1ccc2[nH]c(-c3ccncc3)c(-c3ccc(Cl)c(Cl)c3)c2n1. The Hall–Kier alpha value is -2.87. The normalized spacial score (nSPS) is 10.8. The Kier molecular flexibility index (Phi) is 3.89. The molecule has 6 heteroatoms. The zero-order valence-electron chi connectivity index (χ0n) is 12.8. The Morgan fingerprint density at radius 2 is 1.72 bits per heavy atom. The molecule has 0 fully saturated rings. The number of rotatable bonds is 2. The van der Waals surface area contributed by atoms with Crippen molar-refractivity contribution < 1.29 is 0 Å². The summed E-state index contributed by atoms with van der Waals surface area (Å²) < 4.78 is 0. The molecular formula is C19H10Cl2N4. The van der Waals surface area contributed by atoms with Gasteiger partial charge in [-0.2, -0.15) is 0 Å². The number of nitrogens with one attached hydrogen (secondary N) is 1. The van der Waals surface area contributed by atoms with E-state index < -0.39 is 0 Å². The van der Waals surface area contributed by atoms with Crippen LogP contribution in [0, 0.1) is 6.57 Å². The first-order valence-electron chi connectivity index (χ1n) is 7.43. The molecule has 3 aromatic heterocycles. The van der Waals surface area contributed by atoms with Gasteiger partial charge in [0.25, 0.3) is 5.82 Å². The third-order valence-corrected chi connectivity index (χ3v) is 4.66. The number of hydrogen-bond donors (Lipinski definition) is 1. The third-order valence-electron chi connectivity index (χ3n) is 3.92. The van der Waals surface area contributed by atoms with E-state index in [1.165, 1.54) is 0 Å². The van der Waals surface area contributed by atoms with E-state index in [1.54, 1.807) is 24.5 Å². The van der Waals surface area contributed by atoms with Gasteiger partial charge in [-0.3, -0.25) is 4.98 Å². The van der Waals surface area contributed by atoms with Crippen molar-refractivity contribution in [2.45, 2.75) is 0 Å². The number of H-pyrrole nitrogens is 1. The highest BCUT2D eigenvalue weighted by Crippen LogP contribution is 2.39. The molecule has 1 N–H and O–H groups in total. The highest BCUT2D eigenvalue weighted by molar-refractivity contribution is 6.42. The van der Waals surface area contributed by atoms with Crippen molar-refractivity contribution in [1.29, 1.82) is 0 Å². The van der Waals surface area contributed by atoms with Gasteiger partial charge in [-0.05, 0) is 42.0 Å². The standard InChI is InChI=1S/C19H10Cl2N4/c1-22-16-5-4-15-19(25-16)17(12-2-3-13(20)14(21)10-12)18(24-15)11-6-8-23-9-7-11/h2-10,24H. The van der Waals surface area contributed by atoms with E-state index in [1.807, 2.05) is 30.3 Å². The summed E-state index contributed by atoms with van der Waals surface area (Å²) >= 11 is 12.3. The van der Waals surface area contributed by atoms with Crippen LogP contribution < -0.4 is 0 Å². The average molecular weight is 365 g/mol. The fourth-order valence-electron chi connectivity index (χ4n) is 2.79. The van der Waals surface area contributed by atoms with Gasteiger partial charge in [0.05, 0.1) is 26.8 Å². The summed E-state index contributed by atoms with van der Waals surface area (Å²) in [4.78, 5) is 15.4. The predicted octanol–water partition coefficient (Wildman–Crippen LogP) is 6.15. The summed E-state index contributed by atoms with van der Waals surface area (Å²) in [6.45, 7) is 7.23. The van der Waals surface area contributed by atoms with Gasteiger partial charge in [0.2, 0.25) is 0 Å². The molecule has 4 aromatic rings. The van der Waals surface area contributed by atoms with E-state index >= 15 is 0 Å². The monoisotopic (exact) mass is 364 g/mol. The summed E-state index contributed by atoms with van der Waals surface area (Å²) in [6.07, 6.45) is 3.47. The van der Waals surface area contributed by atoms with E-state index in [4.69, 9.17) is 29.8 Å². The van der Waals surface area contributed by atoms with E-state index in [0.717, 1.165) is 33.4 Å². The molecule has 4 rings (SSSR count). The van der Waals surface area contributed by atoms with Gasteiger partial charge in [0.1, 0.15) is 0 Å². The van der Waals surface area contributed by atoms with Crippen molar-refractivity contribution in [3.63, 3.8) is 0 Å². The number of aromatic nitrogens is 3. The number of hydrogen-bond acceptors (Lipinski definition) is 2. The summed E-state index contributed by atoms with van der Waals surface area (Å²) in [5, 5.41) is 0.959. The van der Waals surface area contributed by atoms with Crippen LogP contribution in [0.2, 0.25) is 10.0 Å². The zero-order valence-corrected chi connectivity index (χ0v) is 14.3. The van der Waals surface area contributed by atoms with E-state index in [9.17, 15) is 0 Å². The van der Waals surface area contributed by atoms with Crippen molar-refractivity contribution in [1.82, 2.24) is 15.0 Å². The van der Waals surface area contributed by atoms with Gasteiger partial charge in [-0.15, -0.1) is 4.98 Å². The summed E-state index contributed by atoms with van der Waals surface area (Å²) in [7, 11) is 0. The molecular weight excluding hydrogens is 355 g/mol. The molecule has 120 valence electrons. The van der Waals surface area contributed by atoms with Gasteiger partial charge in [-0.25, -0.2) is 0 Å². The van der Waals surface area contributed by atoms with Crippen LogP contribution in [0.15, 0.2) is 54.9 Å². The number of fused-ring (bicyclic) bond motifs is 1. The molecule has 0 radical (unpaired) electrons. The lowest BCUT2D eigenvalue weighted by molar-refractivity contribution is 1.32. The van der Waals surface area contributed by atoms with Crippen LogP contribution in [0.3, 0.4) is 0 Å². The first-order chi connectivity index (χ1) is 12.2. The molecule has 0 amide bonds. The maximum Gasteiger partial charge on any atom is 0.270 e. The minimum atomic E-state index is 0.342. The van der Waals surface area contributed by atoms with Gasteiger partial charge in [0.15, 0.2) is 5.52 Å². The van der Waals surface area contributed by atoms with Crippen molar-refractivity contribution in [3.8, 4) is 22.4 Å². The smallest absolute Gasteiger partial charge is 0.270 e. The molecule has 0 bridgehead atoms. The Bertz CT molecular complexity index is 1130. The topological polar surface area (TPSA) is 45.9 Å². The summed E-state index contributed by atoms with van der Waals surface area (Å²) in [5.41, 5.74) is 5.19. The molecule has 0 spiro atoms. The first-order valence-corrected chi connectivity index (χ1v) is 8.19. The Labute approximate surface area is 153 Å². The largest absolute Gasteiger partial charge is 0.361 e. The lowest BCUT2D eigenvalue weighted by Gasteiger charge is -2.05. The highest BCUT2D eigenvalue weighted by atomic mass is 35.5. The number of pyridine rings is 2. The zero-order chi connectivity index (χ0) is 17.4. The van der Waals surface area contributed by atoms with Gasteiger partial charge in [0, 0.05) is 18.0 Å². The second-order valence-electron chi connectivity index (χ2n) is 5.42. The third kappa shape index (κ3) is 2.74. The van der Waals surface area contributed by atoms with Crippen molar-refractivity contribution in [2.75, 3.05) is 0 Å². The molecule has 0 saturated carbocycles. The van der Waals surface area contributed by atoms with Crippen LogP contribution in [0.5, 0.6) is 0 Å². The molecule has 0 aliphatic rings. The predicted molar refractivity (Wildman–Crippen MR) is 101 cm³/mol. The Morgan fingerprint density at radius 3 is 2.44 bits per heavy atom. The van der Waals surface area contributed by atoms with Crippen molar-refractivity contribution in [2.24, 2.45) is 0 Å². The molecule has 0 aliphatic heterocycles. The number of benzene rings is 1. The average Bonchev–Trinajstić information content (AvgIpc) is 3.03. The molecule has 0 atom stereocenters. The van der Waals surface area contributed by atoms with Crippen LogP contribution in [0.1, 0.15) is 0 Å². The molecule has 0 aliphatic carbocycles. The Morgan fingerprint density at radius 1 is 0.920 bits per heavy atom. The second kappa shape index (κ2) is 6.21. The van der Waals surface area contributed by atoms with Crippen molar-refractivity contribution >= 4 is 40.1 Å². The maximum atomic E-state index is 7.23. The first kappa shape index (κ1) is 15.6. The van der Waals surface area contributed by atoms with Gasteiger partial charge < -0.3 is 9.83 Å². The Balaban J connectivity index is 2.08. The molecule has 3 heterocycles. The molecule has 1 aromatic carbocycles. The van der Waals surface area contributed by atoms with Crippen LogP contribution in [-0.4, -0.2) is 15.0 Å². The van der Waals surface area contributed by atoms with E-state index in [0.29, 0.717) is 15.9 Å². The summed E-state index contributed by atoms with van der Waals surface area (Å²) in [5.74, 6) is 0.342. The fourth-order valence-corrected chi connectivity index (χ4v) is 3.08. The number of nitrogens with zero attached hydrogens (tertiary/aromatic N) is 3. The fraction of sp³-hybridized carbons (Fsp3) is 0. The quantitative estimate of drug-likeness (QED) is 0.433. The van der Waals surface area contributed by atoms with Crippen LogP contribution in [-0.2, 0) is 0 Å². The maximum absolute atomic E-state index is 7.23. The van der Waals surface area contributed by atoms with Gasteiger partial charge >= 0.3 is 0 Å².